The van der Waals surface area contributed by atoms with E-state index in [1.165, 1.54) is 12.1 Å². The summed E-state index contributed by atoms with van der Waals surface area (Å²) < 4.78 is 18.8. The van der Waals surface area contributed by atoms with Gasteiger partial charge in [-0.05, 0) is 52.7 Å². The average Bonchev–Trinajstić information content (AvgIpc) is 2.15. The zero-order chi connectivity index (χ0) is 10.4. The molecule has 0 fully saturated rings. The van der Waals surface area contributed by atoms with Crippen molar-refractivity contribution in [3.63, 3.8) is 0 Å². The fourth-order valence-corrected chi connectivity index (χ4v) is 1.68. The minimum absolute atomic E-state index is 0.264. The highest BCUT2D eigenvalue weighted by atomic mass is 79.9. The van der Waals surface area contributed by atoms with E-state index < -0.39 is 0 Å². The first-order valence-corrected chi connectivity index (χ1v) is 5.85. The Morgan fingerprint density at radius 1 is 1.36 bits per heavy atom. The summed E-state index contributed by atoms with van der Waals surface area (Å²) in [5.41, 5.74) is 0. The Morgan fingerprint density at radius 2 is 2.14 bits per heavy atom. The van der Waals surface area contributed by atoms with Crippen LogP contribution < -0.4 is 4.74 Å². The van der Waals surface area contributed by atoms with Crippen LogP contribution in [0.15, 0.2) is 22.7 Å². The molecule has 4 heteroatoms. The fraction of sp³-hybridized carbons (Fsp3) is 0.400. The molecule has 0 unspecified atom stereocenters. The van der Waals surface area contributed by atoms with Gasteiger partial charge in [-0.3, -0.25) is 0 Å². The number of ether oxygens (including phenoxy) is 1. The molecule has 0 spiro atoms. The van der Waals surface area contributed by atoms with Gasteiger partial charge < -0.3 is 4.74 Å². The van der Waals surface area contributed by atoms with Gasteiger partial charge in [-0.2, -0.15) is 12.6 Å². The summed E-state index contributed by atoms with van der Waals surface area (Å²) in [5.74, 6) is 1.29. The molecular weight excluding hydrogens is 267 g/mol. The van der Waals surface area contributed by atoms with Crippen LogP contribution in [-0.2, 0) is 0 Å². The number of halogens is 2. The van der Waals surface area contributed by atoms with Gasteiger partial charge in [0, 0.05) is 0 Å². The predicted molar refractivity (Wildman–Crippen MR) is 62.7 cm³/mol. The van der Waals surface area contributed by atoms with Gasteiger partial charge >= 0.3 is 0 Å². The average molecular weight is 279 g/mol. The number of benzene rings is 1. The second-order valence-corrected chi connectivity index (χ2v) is 4.16. The van der Waals surface area contributed by atoms with Crippen LogP contribution >= 0.6 is 28.6 Å². The van der Waals surface area contributed by atoms with Crippen molar-refractivity contribution in [1.82, 2.24) is 0 Å². The second-order valence-electron chi connectivity index (χ2n) is 2.85. The molecule has 0 aliphatic carbocycles. The molecule has 0 aliphatic heterocycles. The second kappa shape index (κ2) is 6.30. The normalized spacial score (nSPS) is 10.2. The maximum atomic E-state index is 12.7. The summed E-state index contributed by atoms with van der Waals surface area (Å²) in [6.07, 6.45) is 2.00. The van der Waals surface area contributed by atoms with E-state index in [0.29, 0.717) is 16.8 Å². The van der Waals surface area contributed by atoms with Gasteiger partial charge in [0.15, 0.2) is 0 Å². The third-order valence-electron chi connectivity index (χ3n) is 1.70. The van der Waals surface area contributed by atoms with Crippen LogP contribution in [0, 0.1) is 5.82 Å². The first kappa shape index (κ1) is 11.9. The Balaban J connectivity index is 2.42. The molecule has 0 atom stereocenters. The summed E-state index contributed by atoms with van der Waals surface area (Å²) in [6, 6.07) is 4.41. The summed E-state index contributed by atoms with van der Waals surface area (Å²) >= 11 is 7.34. The van der Waals surface area contributed by atoms with E-state index in [0.717, 1.165) is 18.6 Å². The van der Waals surface area contributed by atoms with Crippen molar-refractivity contribution in [2.75, 3.05) is 12.4 Å². The SMILES string of the molecule is Fc1ccc(OCCCCS)c(Br)c1. The number of thiol groups is 1. The Labute approximate surface area is 97.2 Å². The number of unbranched alkanes of at least 4 members (excludes halogenated alkanes) is 1. The Hall–Kier alpha value is -0.220. The minimum atomic E-state index is -0.264. The lowest BCUT2D eigenvalue weighted by atomic mass is 10.3. The van der Waals surface area contributed by atoms with E-state index in [4.69, 9.17) is 4.74 Å². The van der Waals surface area contributed by atoms with Crippen molar-refractivity contribution in [3.05, 3.63) is 28.5 Å². The van der Waals surface area contributed by atoms with Crippen molar-refractivity contribution in [1.29, 1.82) is 0 Å². The van der Waals surface area contributed by atoms with Crippen LogP contribution in [0.1, 0.15) is 12.8 Å². The molecule has 0 aromatic heterocycles. The van der Waals surface area contributed by atoms with Gasteiger partial charge in [-0.15, -0.1) is 0 Å². The van der Waals surface area contributed by atoms with Crippen LogP contribution in [0.4, 0.5) is 4.39 Å². The molecule has 0 aliphatic rings. The summed E-state index contributed by atoms with van der Waals surface area (Å²) in [7, 11) is 0. The monoisotopic (exact) mass is 278 g/mol. The molecule has 0 amide bonds. The molecule has 0 saturated heterocycles. The predicted octanol–water partition coefficient (Wildman–Crippen LogP) is 3.68. The topological polar surface area (TPSA) is 9.23 Å². The van der Waals surface area contributed by atoms with Crippen molar-refractivity contribution in [2.45, 2.75) is 12.8 Å². The first-order chi connectivity index (χ1) is 6.74. The minimum Gasteiger partial charge on any atom is -0.492 e. The number of hydrogen-bond donors (Lipinski definition) is 1. The highest BCUT2D eigenvalue weighted by Gasteiger charge is 2.01. The first-order valence-electron chi connectivity index (χ1n) is 4.43. The van der Waals surface area contributed by atoms with Gasteiger partial charge in [0.2, 0.25) is 0 Å². The molecule has 0 bridgehead atoms. The van der Waals surface area contributed by atoms with Crippen LogP contribution in [0.5, 0.6) is 5.75 Å². The molecule has 1 aromatic rings. The van der Waals surface area contributed by atoms with Crippen LogP contribution in [0.2, 0.25) is 0 Å². The molecule has 78 valence electrons. The highest BCUT2D eigenvalue weighted by Crippen LogP contribution is 2.25. The standard InChI is InChI=1S/C10H12BrFOS/c11-9-7-8(12)3-4-10(9)13-5-1-2-6-14/h3-4,7,14H,1-2,5-6H2. The van der Waals surface area contributed by atoms with Crippen LogP contribution in [0.25, 0.3) is 0 Å². The van der Waals surface area contributed by atoms with Gasteiger partial charge in [0.25, 0.3) is 0 Å². The van der Waals surface area contributed by atoms with Gasteiger partial charge in [0.1, 0.15) is 11.6 Å². The summed E-state index contributed by atoms with van der Waals surface area (Å²) in [4.78, 5) is 0. The molecule has 1 nitrogen and oxygen atoms in total. The van der Waals surface area contributed by atoms with Gasteiger partial charge in [-0.1, -0.05) is 0 Å². The Kier molecular flexibility index (Phi) is 5.33. The largest absolute Gasteiger partial charge is 0.492 e. The fourth-order valence-electron chi connectivity index (χ4n) is 0.988. The Bertz CT molecular complexity index is 293. The third kappa shape index (κ3) is 3.88. The van der Waals surface area contributed by atoms with Crippen LogP contribution in [-0.4, -0.2) is 12.4 Å². The third-order valence-corrected chi connectivity index (χ3v) is 2.64. The van der Waals surface area contributed by atoms with Crippen molar-refractivity contribution >= 4 is 28.6 Å². The molecule has 14 heavy (non-hydrogen) atoms. The molecule has 0 saturated carbocycles. The zero-order valence-electron chi connectivity index (χ0n) is 7.67. The number of rotatable bonds is 5. The molecule has 0 N–H and O–H groups in total. The molecule has 1 rings (SSSR count). The maximum absolute atomic E-state index is 12.7. The molecule has 0 radical (unpaired) electrons. The summed E-state index contributed by atoms with van der Waals surface area (Å²) in [6.45, 7) is 0.644. The van der Waals surface area contributed by atoms with Crippen molar-refractivity contribution in [2.24, 2.45) is 0 Å². The van der Waals surface area contributed by atoms with E-state index in [9.17, 15) is 4.39 Å². The lowest BCUT2D eigenvalue weighted by Gasteiger charge is -2.07. The van der Waals surface area contributed by atoms with E-state index in [1.54, 1.807) is 6.07 Å². The van der Waals surface area contributed by atoms with E-state index in [2.05, 4.69) is 28.6 Å². The highest BCUT2D eigenvalue weighted by molar-refractivity contribution is 9.10. The summed E-state index contributed by atoms with van der Waals surface area (Å²) in [5, 5.41) is 0. The van der Waals surface area contributed by atoms with Gasteiger partial charge in [0.05, 0.1) is 11.1 Å². The zero-order valence-corrected chi connectivity index (χ0v) is 10.2. The van der Waals surface area contributed by atoms with Crippen molar-refractivity contribution in [3.8, 4) is 5.75 Å². The molecule has 0 heterocycles. The maximum Gasteiger partial charge on any atom is 0.133 e. The smallest absolute Gasteiger partial charge is 0.133 e. The quantitative estimate of drug-likeness (QED) is 0.639. The van der Waals surface area contributed by atoms with E-state index in [-0.39, 0.29) is 5.82 Å². The van der Waals surface area contributed by atoms with Crippen molar-refractivity contribution < 1.29 is 9.13 Å². The van der Waals surface area contributed by atoms with Crippen LogP contribution in [0.3, 0.4) is 0 Å². The van der Waals surface area contributed by atoms with E-state index in [1.807, 2.05) is 0 Å². The van der Waals surface area contributed by atoms with Gasteiger partial charge in [-0.25, -0.2) is 4.39 Å². The number of hydrogen-bond acceptors (Lipinski definition) is 2. The van der Waals surface area contributed by atoms with E-state index >= 15 is 0 Å². The lowest BCUT2D eigenvalue weighted by Crippen LogP contribution is -1.98. The Morgan fingerprint density at radius 3 is 2.79 bits per heavy atom. The lowest BCUT2D eigenvalue weighted by molar-refractivity contribution is 0.307. The molecule has 1 aromatic carbocycles. The molecular formula is C10H12BrFOS.